The van der Waals surface area contributed by atoms with Crippen molar-refractivity contribution in [3.05, 3.63) is 84.4 Å². The smallest absolute Gasteiger partial charge is 0.416 e. The van der Waals surface area contributed by atoms with Crippen LogP contribution >= 0.6 is 0 Å². The van der Waals surface area contributed by atoms with E-state index in [1.807, 2.05) is 30.3 Å². The van der Waals surface area contributed by atoms with E-state index >= 15 is 0 Å². The van der Waals surface area contributed by atoms with Crippen LogP contribution in [0.15, 0.2) is 78.9 Å². The molecule has 0 heterocycles. The molecule has 0 bridgehead atoms. The lowest BCUT2D eigenvalue weighted by atomic mass is 10.2. The van der Waals surface area contributed by atoms with Crippen LogP contribution in [0.4, 0.5) is 13.2 Å². The minimum atomic E-state index is -4.40. The Morgan fingerprint density at radius 1 is 0.655 bits per heavy atom. The van der Waals surface area contributed by atoms with E-state index in [1.54, 1.807) is 24.3 Å². The van der Waals surface area contributed by atoms with Crippen molar-refractivity contribution in [1.82, 2.24) is 0 Å². The highest BCUT2D eigenvalue weighted by atomic mass is 19.4. The molecule has 1 atom stereocenters. The number of aliphatic hydroxyl groups is 1. The first-order valence-electron chi connectivity index (χ1n) is 8.84. The fourth-order valence-corrected chi connectivity index (χ4v) is 2.40. The first-order chi connectivity index (χ1) is 13.9. The minimum absolute atomic E-state index is 0.0283. The number of para-hydroxylation sites is 1. The van der Waals surface area contributed by atoms with Crippen molar-refractivity contribution < 1.29 is 32.5 Å². The second kappa shape index (κ2) is 9.34. The lowest BCUT2D eigenvalue weighted by molar-refractivity contribution is -0.137. The number of ether oxygens (including phenoxy) is 3. The topological polar surface area (TPSA) is 47.9 Å². The van der Waals surface area contributed by atoms with E-state index in [1.165, 1.54) is 12.1 Å². The third-order valence-corrected chi connectivity index (χ3v) is 3.87. The molecule has 0 saturated carbocycles. The Kier molecular flexibility index (Phi) is 6.61. The monoisotopic (exact) mass is 404 g/mol. The van der Waals surface area contributed by atoms with Crippen molar-refractivity contribution in [3.8, 4) is 23.0 Å². The highest BCUT2D eigenvalue weighted by Gasteiger charge is 2.30. The van der Waals surface area contributed by atoms with Crippen molar-refractivity contribution in [2.45, 2.75) is 12.3 Å². The molecule has 0 fully saturated rings. The number of alkyl halides is 3. The summed E-state index contributed by atoms with van der Waals surface area (Å²) in [5, 5.41) is 9.95. The molecule has 4 nitrogen and oxygen atoms in total. The number of aliphatic hydroxyl groups excluding tert-OH is 1. The van der Waals surface area contributed by atoms with Crippen LogP contribution in [-0.2, 0) is 6.18 Å². The van der Waals surface area contributed by atoms with Crippen molar-refractivity contribution in [2.24, 2.45) is 0 Å². The number of halogens is 3. The Hall–Kier alpha value is -3.19. The predicted molar refractivity (Wildman–Crippen MR) is 101 cm³/mol. The summed E-state index contributed by atoms with van der Waals surface area (Å²) in [7, 11) is 0. The van der Waals surface area contributed by atoms with Gasteiger partial charge in [-0.2, -0.15) is 13.2 Å². The molecule has 152 valence electrons. The van der Waals surface area contributed by atoms with Gasteiger partial charge in [-0.05, 0) is 60.7 Å². The van der Waals surface area contributed by atoms with Gasteiger partial charge in [-0.15, -0.1) is 0 Å². The van der Waals surface area contributed by atoms with Gasteiger partial charge in [0, 0.05) is 0 Å². The molecule has 0 radical (unpaired) electrons. The van der Waals surface area contributed by atoms with E-state index in [0.717, 1.165) is 17.9 Å². The molecular formula is C22H19F3O4. The number of hydrogen-bond acceptors (Lipinski definition) is 4. The average Bonchev–Trinajstić information content (AvgIpc) is 2.72. The molecule has 0 aliphatic rings. The van der Waals surface area contributed by atoms with Crippen LogP contribution in [0.2, 0.25) is 0 Å². The molecule has 7 heteroatoms. The molecule has 1 N–H and O–H groups in total. The lowest BCUT2D eigenvalue weighted by Crippen LogP contribution is -2.25. The van der Waals surface area contributed by atoms with Crippen LogP contribution in [0, 0.1) is 0 Å². The summed E-state index contributed by atoms with van der Waals surface area (Å²) < 4.78 is 54.0. The third kappa shape index (κ3) is 6.43. The number of hydrogen-bond donors (Lipinski definition) is 1. The van der Waals surface area contributed by atoms with Crippen LogP contribution in [0.1, 0.15) is 5.56 Å². The van der Waals surface area contributed by atoms with E-state index in [9.17, 15) is 18.3 Å². The summed E-state index contributed by atoms with van der Waals surface area (Å²) in [5.41, 5.74) is -0.756. The number of benzene rings is 3. The molecule has 0 aliphatic heterocycles. The molecule has 0 unspecified atom stereocenters. The van der Waals surface area contributed by atoms with Gasteiger partial charge in [0.2, 0.25) is 0 Å². The van der Waals surface area contributed by atoms with Gasteiger partial charge in [-0.3, -0.25) is 0 Å². The van der Waals surface area contributed by atoms with Crippen LogP contribution in [0.3, 0.4) is 0 Å². The summed E-state index contributed by atoms with van der Waals surface area (Å²) in [6.07, 6.45) is -5.34. The van der Waals surface area contributed by atoms with Crippen LogP contribution in [0.5, 0.6) is 23.0 Å². The van der Waals surface area contributed by atoms with E-state index in [4.69, 9.17) is 14.2 Å². The summed E-state index contributed by atoms with van der Waals surface area (Å²) in [6, 6.07) is 20.5. The Labute approximate surface area is 166 Å². The Bertz CT molecular complexity index is 879. The highest BCUT2D eigenvalue weighted by Crippen LogP contribution is 2.30. The summed E-state index contributed by atoms with van der Waals surface area (Å²) >= 11 is 0. The third-order valence-electron chi connectivity index (χ3n) is 3.87. The molecular weight excluding hydrogens is 385 g/mol. The molecule has 0 saturated heterocycles. The minimum Gasteiger partial charge on any atom is -0.491 e. The van der Waals surface area contributed by atoms with Crippen LogP contribution in [0.25, 0.3) is 0 Å². The summed E-state index contributed by atoms with van der Waals surface area (Å²) in [5.74, 6) is 2.14. The van der Waals surface area contributed by atoms with Gasteiger partial charge in [0.1, 0.15) is 42.3 Å². The maximum atomic E-state index is 12.5. The van der Waals surface area contributed by atoms with E-state index < -0.39 is 17.8 Å². The average molecular weight is 404 g/mol. The lowest BCUT2D eigenvalue weighted by Gasteiger charge is -2.14. The van der Waals surface area contributed by atoms with Gasteiger partial charge in [-0.25, -0.2) is 0 Å². The molecule has 0 amide bonds. The van der Waals surface area contributed by atoms with Gasteiger partial charge < -0.3 is 19.3 Å². The Morgan fingerprint density at radius 2 is 1.10 bits per heavy atom. The van der Waals surface area contributed by atoms with Crippen molar-refractivity contribution >= 4 is 0 Å². The van der Waals surface area contributed by atoms with Crippen LogP contribution < -0.4 is 14.2 Å². The van der Waals surface area contributed by atoms with Gasteiger partial charge in [0.25, 0.3) is 0 Å². The van der Waals surface area contributed by atoms with Gasteiger partial charge >= 0.3 is 6.18 Å². The van der Waals surface area contributed by atoms with Gasteiger partial charge in [0.05, 0.1) is 5.56 Å². The second-order valence-corrected chi connectivity index (χ2v) is 6.18. The van der Waals surface area contributed by atoms with E-state index in [-0.39, 0.29) is 19.0 Å². The summed E-state index contributed by atoms with van der Waals surface area (Å²) in [6.45, 7) is -0.139. The van der Waals surface area contributed by atoms with Crippen molar-refractivity contribution in [1.29, 1.82) is 0 Å². The molecule has 0 aromatic heterocycles. The Balaban J connectivity index is 1.42. The van der Waals surface area contributed by atoms with Crippen molar-refractivity contribution in [3.63, 3.8) is 0 Å². The van der Waals surface area contributed by atoms with Crippen LogP contribution in [-0.4, -0.2) is 24.4 Å². The maximum absolute atomic E-state index is 12.5. The zero-order chi connectivity index (χ0) is 20.7. The molecule has 3 aromatic carbocycles. The largest absolute Gasteiger partial charge is 0.491 e. The quantitative estimate of drug-likeness (QED) is 0.552. The predicted octanol–water partition coefficient (Wildman–Crippen LogP) is 5.32. The highest BCUT2D eigenvalue weighted by molar-refractivity contribution is 5.35. The van der Waals surface area contributed by atoms with Gasteiger partial charge in [0.15, 0.2) is 0 Å². The summed E-state index contributed by atoms with van der Waals surface area (Å²) in [4.78, 5) is 0. The normalized spacial score (nSPS) is 12.3. The zero-order valence-corrected chi connectivity index (χ0v) is 15.3. The molecule has 29 heavy (non-hydrogen) atoms. The van der Waals surface area contributed by atoms with Gasteiger partial charge in [-0.1, -0.05) is 18.2 Å². The molecule has 3 rings (SSSR count). The first kappa shape index (κ1) is 20.5. The Morgan fingerprint density at radius 3 is 1.62 bits per heavy atom. The van der Waals surface area contributed by atoms with E-state index in [2.05, 4.69) is 0 Å². The molecule has 0 aliphatic carbocycles. The standard InChI is InChI=1S/C22H19F3O4/c23-22(24,25)16-6-8-18(9-7-16)27-14-17(26)15-28-19-10-12-21(13-11-19)29-20-4-2-1-3-5-20/h1-13,17,26H,14-15H2/t17-/m0/s1. The SMILES string of the molecule is O[C@H](COc1ccc(Oc2ccccc2)cc1)COc1ccc(C(F)(F)F)cc1. The molecule has 0 spiro atoms. The zero-order valence-electron chi connectivity index (χ0n) is 15.3. The maximum Gasteiger partial charge on any atom is 0.416 e. The van der Waals surface area contributed by atoms with Crippen molar-refractivity contribution in [2.75, 3.05) is 13.2 Å². The fourth-order valence-electron chi connectivity index (χ4n) is 2.40. The fraction of sp³-hybridized carbons (Fsp3) is 0.182. The van der Waals surface area contributed by atoms with E-state index in [0.29, 0.717) is 11.5 Å². The second-order valence-electron chi connectivity index (χ2n) is 6.18. The molecule has 3 aromatic rings. The first-order valence-corrected chi connectivity index (χ1v) is 8.84. The number of rotatable bonds is 8.